The van der Waals surface area contributed by atoms with Crippen LogP contribution in [0.5, 0.6) is 0 Å². The number of nitrogens with one attached hydrogen (secondary N) is 2. The van der Waals surface area contributed by atoms with Crippen molar-refractivity contribution in [1.82, 2.24) is 10.6 Å². The Hall–Kier alpha value is -3.12. The number of amides is 2. The molecule has 206 valence electrons. The van der Waals surface area contributed by atoms with Gasteiger partial charge in [0.15, 0.2) is 0 Å². The lowest BCUT2D eigenvalue weighted by molar-refractivity contribution is -0.139. The molecule has 2 N–H and O–H groups in total. The van der Waals surface area contributed by atoms with Crippen LogP contribution in [0.15, 0.2) is 24.8 Å². The molecule has 0 aliphatic rings. The highest BCUT2D eigenvalue weighted by Crippen LogP contribution is 1.91. The first-order valence-electron chi connectivity index (χ1n) is 11.2. The molecule has 12 heteroatoms. The first kappa shape index (κ1) is 34.0. The van der Waals surface area contributed by atoms with Crippen molar-refractivity contribution >= 4 is 24.1 Å². The lowest BCUT2D eigenvalue weighted by Gasteiger charge is -2.09. The largest absolute Gasteiger partial charge is 0.461 e. The fourth-order valence-corrected chi connectivity index (χ4v) is 1.72. The number of ether oxygens (including phenoxy) is 6. The number of hydrogen-bond donors (Lipinski definition) is 2. The van der Waals surface area contributed by atoms with Gasteiger partial charge in [0.1, 0.15) is 26.4 Å². The van der Waals surface area contributed by atoms with Crippen LogP contribution in [0.4, 0.5) is 9.59 Å². The minimum absolute atomic E-state index is 0. The van der Waals surface area contributed by atoms with Gasteiger partial charge in [-0.3, -0.25) is 0 Å². The second-order valence-corrected chi connectivity index (χ2v) is 7.25. The monoisotopic (exact) mass is 508 g/mol. The molecule has 0 heterocycles. The predicted molar refractivity (Wildman–Crippen MR) is 132 cm³/mol. The van der Waals surface area contributed by atoms with Crippen LogP contribution in [0, 0.1) is 0 Å². The van der Waals surface area contributed by atoms with E-state index in [1.54, 1.807) is 6.92 Å². The van der Waals surface area contributed by atoms with Crippen LogP contribution < -0.4 is 10.6 Å². The van der Waals surface area contributed by atoms with E-state index >= 15 is 0 Å². The number of alkyl carbamates (subject to hydrolysis) is 2. The van der Waals surface area contributed by atoms with E-state index in [-0.39, 0.29) is 54.6 Å². The number of rotatable bonds is 16. The van der Waals surface area contributed by atoms with Crippen LogP contribution in [-0.2, 0) is 38.0 Å². The van der Waals surface area contributed by atoms with Gasteiger partial charge in [-0.05, 0) is 34.6 Å². The zero-order valence-corrected chi connectivity index (χ0v) is 21.4. The summed E-state index contributed by atoms with van der Waals surface area (Å²) in [4.78, 5) is 43.8. The summed E-state index contributed by atoms with van der Waals surface area (Å²) in [5, 5.41) is 4.86. The van der Waals surface area contributed by atoms with Crippen molar-refractivity contribution in [2.45, 2.75) is 46.8 Å². The summed E-state index contributed by atoms with van der Waals surface area (Å²) in [7, 11) is 0. The molecule has 12 nitrogen and oxygen atoms in total. The summed E-state index contributed by atoms with van der Waals surface area (Å²) in [6, 6.07) is 0. The van der Waals surface area contributed by atoms with Crippen LogP contribution >= 0.6 is 0 Å². The van der Waals surface area contributed by atoms with E-state index in [0.29, 0.717) is 18.8 Å². The van der Waals surface area contributed by atoms with E-state index in [4.69, 9.17) is 23.7 Å². The number of esters is 2. The third-order valence-corrected chi connectivity index (χ3v) is 3.27. The molecule has 0 saturated heterocycles. The normalized spacial score (nSPS) is 9.91. The summed E-state index contributed by atoms with van der Waals surface area (Å²) in [5.41, 5.74) is 0.323. The van der Waals surface area contributed by atoms with Crippen LogP contribution in [0.25, 0.3) is 0 Å². The van der Waals surface area contributed by atoms with E-state index in [1.807, 2.05) is 27.7 Å². The molecule has 0 aliphatic heterocycles. The molecule has 0 saturated carbocycles. The molecule has 0 aliphatic carbocycles. The van der Waals surface area contributed by atoms with Gasteiger partial charge >= 0.3 is 24.1 Å². The topological polar surface area (TPSA) is 148 Å². The smallest absolute Gasteiger partial charge is 0.407 e. The first-order chi connectivity index (χ1) is 16.5. The number of hydrogen-bond acceptors (Lipinski definition) is 10. The predicted octanol–water partition coefficient (Wildman–Crippen LogP) is 2.62. The van der Waals surface area contributed by atoms with Gasteiger partial charge in [0, 0.05) is 14.5 Å². The van der Waals surface area contributed by atoms with Crippen molar-refractivity contribution in [2.75, 3.05) is 52.7 Å². The second kappa shape index (κ2) is 22.7. The van der Waals surface area contributed by atoms with Crippen LogP contribution in [0.3, 0.4) is 0 Å². The molecule has 2 amide bonds. The highest BCUT2D eigenvalue weighted by molar-refractivity contribution is 5.86. The molecule has 0 aromatic carbocycles. The van der Waals surface area contributed by atoms with Gasteiger partial charge in [-0.15, -0.1) is 0 Å². The van der Waals surface area contributed by atoms with Gasteiger partial charge in [-0.1, -0.05) is 13.2 Å². The lowest BCUT2D eigenvalue weighted by atomic mass is 10.4. The Morgan fingerprint density at radius 1 is 0.743 bits per heavy atom. The molecule has 0 unspecified atom stereocenters. The Kier molecular flexibility index (Phi) is 22.0. The molecule has 0 aromatic rings. The zero-order chi connectivity index (χ0) is 27.1. The highest BCUT2D eigenvalue weighted by atomic mass is 16.6. The first-order valence-corrected chi connectivity index (χ1v) is 11.2. The maximum atomic E-state index is 11.1. The lowest BCUT2D eigenvalue weighted by Crippen LogP contribution is -2.29. The summed E-state index contributed by atoms with van der Waals surface area (Å²) in [6.45, 7) is 17.5. The molecule has 0 aromatic heterocycles. The van der Waals surface area contributed by atoms with Crippen LogP contribution in [0.1, 0.15) is 37.5 Å². The summed E-state index contributed by atoms with van der Waals surface area (Å²) < 4.78 is 29.4. The van der Waals surface area contributed by atoms with Gasteiger partial charge in [0.25, 0.3) is 0 Å². The van der Waals surface area contributed by atoms with Gasteiger partial charge in [-0.2, -0.15) is 0 Å². The van der Waals surface area contributed by atoms with Gasteiger partial charge < -0.3 is 39.1 Å². The number of carbonyl (C=O) groups excluding carboxylic acids is 4. The fraction of sp³-hybridized carbons (Fsp3) is 0.652. The molecule has 0 fully saturated rings. The van der Waals surface area contributed by atoms with Crippen LogP contribution in [0.2, 0.25) is 0 Å². The molecule has 0 rings (SSSR count). The van der Waals surface area contributed by atoms with Gasteiger partial charge in [0.05, 0.1) is 38.5 Å². The molecule has 35 heavy (non-hydrogen) atoms. The Morgan fingerprint density at radius 3 is 1.54 bits per heavy atom. The standard InChI is InChI=1S/C12H21NO5.C11H19NO5.2H2/c1-9(2)11(14)17-6-5-13-12(15)18-8-7-16-10(3)4;1-4-10(13)16-6-5-12-11(14)17-8-7-15-9(2)3;;/h10H,1,5-8H2,2-4H3,(H,13,15);4,9H,1,5-8H2,2-3H3,(H,12,14);2*1H. The quantitative estimate of drug-likeness (QED) is 0.138. The molecule has 0 atom stereocenters. The van der Waals surface area contributed by atoms with Crippen molar-refractivity contribution < 1.29 is 50.5 Å². The summed E-state index contributed by atoms with van der Waals surface area (Å²) in [5.74, 6) is -0.999. The average Bonchev–Trinajstić information content (AvgIpc) is 2.79. The zero-order valence-electron chi connectivity index (χ0n) is 21.4. The SMILES string of the molecule is C=C(C)C(=O)OCCNC(=O)OCCOC(C)C.C=CC(=O)OCCNC(=O)OCCOC(C)C.[HH].[HH]. The fourth-order valence-electron chi connectivity index (χ4n) is 1.72. The Labute approximate surface area is 210 Å². The van der Waals surface area contributed by atoms with Gasteiger partial charge in [0.2, 0.25) is 0 Å². The van der Waals surface area contributed by atoms with Crippen molar-refractivity contribution in [3.8, 4) is 0 Å². The molecule has 0 radical (unpaired) electrons. The third-order valence-electron chi connectivity index (χ3n) is 3.27. The van der Waals surface area contributed by atoms with Crippen molar-refractivity contribution in [3.05, 3.63) is 24.8 Å². The van der Waals surface area contributed by atoms with E-state index in [0.717, 1.165) is 6.08 Å². The van der Waals surface area contributed by atoms with E-state index in [1.165, 1.54) is 0 Å². The summed E-state index contributed by atoms with van der Waals surface area (Å²) in [6.07, 6.45) is 0.153. The van der Waals surface area contributed by atoms with Crippen molar-refractivity contribution in [2.24, 2.45) is 0 Å². The van der Waals surface area contributed by atoms with E-state index < -0.39 is 24.1 Å². The van der Waals surface area contributed by atoms with Crippen molar-refractivity contribution in [1.29, 1.82) is 0 Å². The average molecular weight is 509 g/mol. The maximum Gasteiger partial charge on any atom is 0.407 e. The molecule has 0 bridgehead atoms. The maximum absolute atomic E-state index is 11.1. The molecule has 0 spiro atoms. The Morgan fingerprint density at radius 2 is 1.17 bits per heavy atom. The summed E-state index contributed by atoms with van der Waals surface area (Å²) >= 11 is 0. The van der Waals surface area contributed by atoms with E-state index in [9.17, 15) is 19.2 Å². The highest BCUT2D eigenvalue weighted by Gasteiger charge is 2.05. The minimum Gasteiger partial charge on any atom is -0.461 e. The second-order valence-electron chi connectivity index (χ2n) is 7.25. The van der Waals surface area contributed by atoms with Crippen molar-refractivity contribution in [3.63, 3.8) is 0 Å². The molecular formula is C23H44N2O10. The Balaban J connectivity index is -0.000000280. The third kappa shape index (κ3) is 27.0. The van der Waals surface area contributed by atoms with Gasteiger partial charge in [-0.25, -0.2) is 19.2 Å². The Bertz CT molecular complexity index is 661. The minimum atomic E-state index is -0.563. The number of carbonyl (C=O) groups is 4. The molecular weight excluding hydrogens is 464 g/mol. The van der Waals surface area contributed by atoms with E-state index in [2.05, 4.69) is 28.5 Å². The van der Waals surface area contributed by atoms with Crippen LogP contribution in [-0.4, -0.2) is 89.1 Å².